The minimum Gasteiger partial charge on any atom is -0.496 e. The molecular weight excluding hydrogens is 197 g/mol. The highest BCUT2D eigenvalue weighted by molar-refractivity contribution is 5.40. The first-order valence-electron chi connectivity index (χ1n) is 4.84. The highest BCUT2D eigenvalue weighted by Gasteiger charge is 2.09. The molecule has 0 atom stereocenters. The van der Waals surface area contributed by atoms with Crippen LogP contribution in [0.5, 0.6) is 5.75 Å². The molecule has 0 radical (unpaired) electrons. The van der Waals surface area contributed by atoms with E-state index in [1.165, 1.54) is 19.2 Å². The molecule has 0 aliphatic heterocycles. The van der Waals surface area contributed by atoms with Gasteiger partial charge in [0.05, 0.1) is 14.2 Å². The zero-order valence-electron chi connectivity index (χ0n) is 9.26. The van der Waals surface area contributed by atoms with Crippen LogP contribution >= 0.6 is 0 Å². The summed E-state index contributed by atoms with van der Waals surface area (Å²) in [5.74, 6) is 0.294. The molecule has 1 aromatic carbocycles. The van der Waals surface area contributed by atoms with Crippen molar-refractivity contribution < 1.29 is 14.0 Å². The maximum atomic E-state index is 13.2. The maximum absolute atomic E-state index is 13.2. The van der Waals surface area contributed by atoms with E-state index < -0.39 is 0 Å². The van der Waals surface area contributed by atoms with Crippen LogP contribution < -0.4 is 10.2 Å². The van der Waals surface area contributed by atoms with E-state index in [0.717, 1.165) is 17.5 Å². The minimum atomic E-state index is -0.294. The van der Waals surface area contributed by atoms with Gasteiger partial charge in [0.15, 0.2) is 0 Å². The predicted molar refractivity (Wildman–Crippen MR) is 56.2 cm³/mol. The monoisotopic (exact) mass is 213 g/mol. The molecule has 15 heavy (non-hydrogen) atoms. The van der Waals surface area contributed by atoms with Crippen LogP contribution in [0.2, 0.25) is 0 Å². The number of nitrogens with one attached hydrogen (secondary N) is 1. The number of rotatable bonds is 5. The van der Waals surface area contributed by atoms with Gasteiger partial charge in [-0.2, -0.15) is 5.48 Å². The first-order chi connectivity index (χ1) is 7.22. The number of halogens is 1. The molecule has 4 heteroatoms. The number of ether oxygens (including phenoxy) is 1. The van der Waals surface area contributed by atoms with E-state index in [9.17, 15) is 4.39 Å². The smallest absolute Gasteiger partial charge is 0.127 e. The normalized spacial score (nSPS) is 10.4. The van der Waals surface area contributed by atoms with Crippen molar-refractivity contribution in [1.82, 2.24) is 5.48 Å². The lowest BCUT2D eigenvalue weighted by molar-refractivity contribution is 0.0864. The van der Waals surface area contributed by atoms with Crippen molar-refractivity contribution in [3.63, 3.8) is 0 Å². The Kier molecular flexibility index (Phi) is 4.52. The van der Waals surface area contributed by atoms with Gasteiger partial charge in [0.25, 0.3) is 0 Å². The van der Waals surface area contributed by atoms with Crippen LogP contribution in [0.1, 0.15) is 18.1 Å². The number of hydrogen-bond donors (Lipinski definition) is 1. The molecule has 0 saturated heterocycles. The second-order valence-electron chi connectivity index (χ2n) is 3.12. The topological polar surface area (TPSA) is 30.5 Å². The molecule has 1 rings (SSSR count). The number of methoxy groups -OCH3 is 1. The molecule has 0 aromatic heterocycles. The zero-order valence-corrected chi connectivity index (χ0v) is 9.26. The summed E-state index contributed by atoms with van der Waals surface area (Å²) in [6, 6.07) is 2.89. The van der Waals surface area contributed by atoms with E-state index in [1.807, 2.05) is 6.92 Å². The maximum Gasteiger partial charge on any atom is 0.127 e. The minimum absolute atomic E-state index is 0.294. The van der Waals surface area contributed by atoms with Crippen LogP contribution in [0.15, 0.2) is 12.1 Å². The Morgan fingerprint density at radius 2 is 2.07 bits per heavy atom. The van der Waals surface area contributed by atoms with Gasteiger partial charge in [-0.05, 0) is 23.6 Å². The average Bonchev–Trinajstić information content (AvgIpc) is 2.25. The van der Waals surface area contributed by atoms with Crippen molar-refractivity contribution in [3.8, 4) is 5.75 Å². The lowest BCUT2D eigenvalue weighted by Crippen LogP contribution is -2.13. The van der Waals surface area contributed by atoms with Crippen molar-refractivity contribution in [2.75, 3.05) is 14.2 Å². The van der Waals surface area contributed by atoms with Gasteiger partial charge in [0.2, 0.25) is 0 Å². The van der Waals surface area contributed by atoms with E-state index in [1.54, 1.807) is 7.11 Å². The second-order valence-corrected chi connectivity index (χ2v) is 3.12. The molecular formula is C11H16FNO2. The Balaban J connectivity index is 3.05. The Bertz CT molecular complexity index is 329. The molecule has 0 amide bonds. The SMILES string of the molecule is CCc1c(CNOC)cc(F)cc1OC. The predicted octanol–water partition coefficient (Wildman–Crippen LogP) is 2.05. The van der Waals surface area contributed by atoms with Gasteiger partial charge in [0, 0.05) is 12.6 Å². The Labute approximate surface area is 89.2 Å². The molecule has 0 bridgehead atoms. The molecule has 0 heterocycles. The Morgan fingerprint density at radius 1 is 1.33 bits per heavy atom. The fraction of sp³-hybridized carbons (Fsp3) is 0.455. The number of benzene rings is 1. The summed E-state index contributed by atoms with van der Waals surface area (Å²) in [4.78, 5) is 4.75. The summed E-state index contributed by atoms with van der Waals surface area (Å²) in [6.45, 7) is 2.47. The first kappa shape index (κ1) is 11.9. The lowest BCUT2D eigenvalue weighted by Gasteiger charge is -2.13. The van der Waals surface area contributed by atoms with Crippen LogP contribution in [-0.2, 0) is 17.8 Å². The number of hydroxylamine groups is 1. The van der Waals surface area contributed by atoms with Crippen molar-refractivity contribution in [1.29, 1.82) is 0 Å². The fourth-order valence-corrected chi connectivity index (χ4v) is 1.56. The molecule has 0 unspecified atom stereocenters. The van der Waals surface area contributed by atoms with Crippen molar-refractivity contribution in [2.24, 2.45) is 0 Å². The highest BCUT2D eigenvalue weighted by Crippen LogP contribution is 2.24. The Morgan fingerprint density at radius 3 is 2.60 bits per heavy atom. The van der Waals surface area contributed by atoms with Crippen LogP contribution in [-0.4, -0.2) is 14.2 Å². The summed E-state index contributed by atoms with van der Waals surface area (Å²) in [5.41, 5.74) is 4.56. The molecule has 1 aromatic rings. The molecule has 1 N–H and O–H groups in total. The third-order valence-corrected chi connectivity index (χ3v) is 2.25. The van der Waals surface area contributed by atoms with Crippen molar-refractivity contribution in [3.05, 3.63) is 29.1 Å². The third-order valence-electron chi connectivity index (χ3n) is 2.25. The van der Waals surface area contributed by atoms with Crippen molar-refractivity contribution in [2.45, 2.75) is 19.9 Å². The molecule has 3 nitrogen and oxygen atoms in total. The second kappa shape index (κ2) is 5.68. The average molecular weight is 213 g/mol. The number of hydrogen-bond acceptors (Lipinski definition) is 3. The molecule has 0 saturated carbocycles. The van der Waals surface area contributed by atoms with Gasteiger partial charge in [0.1, 0.15) is 11.6 Å². The first-order valence-corrected chi connectivity index (χ1v) is 4.84. The highest BCUT2D eigenvalue weighted by atomic mass is 19.1. The van der Waals surface area contributed by atoms with E-state index in [4.69, 9.17) is 9.57 Å². The third kappa shape index (κ3) is 2.91. The van der Waals surface area contributed by atoms with Crippen LogP contribution in [0.4, 0.5) is 4.39 Å². The summed E-state index contributed by atoms with van der Waals surface area (Å²) in [7, 11) is 3.07. The van der Waals surface area contributed by atoms with Gasteiger partial charge in [-0.3, -0.25) is 0 Å². The Hall–Kier alpha value is -1.13. The quantitative estimate of drug-likeness (QED) is 0.759. The van der Waals surface area contributed by atoms with Gasteiger partial charge < -0.3 is 9.57 Å². The molecule has 0 fully saturated rings. The zero-order chi connectivity index (χ0) is 11.3. The van der Waals surface area contributed by atoms with Gasteiger partial charge in [-0.25, -0.2) is 4.39 Å². The van der Waals surface area contributed by atoms with Gasteiger partial charge >= 0.3 is 0 Å². The summed E-state index contributed by atoms with van der Waals surface area (Å²) >= 11 is 0. The molecule has 84 valence electrons. The van der Waals surface area contributed by atoms with Crippen LogP contribution in [0.25, 0.3) is 0 Å². The van der Waals surface area contributed by atoms with Crippen molar-refractivity contribution >= 4 is 0 Å². The molecule has 0 spiro atoms. The fourth-order valence-electron chi connectivity index (χ4n) is 1.56. The van der Waals surface area contributed by atoms with Gasteiger partial charge in [-0.1, -0.05) is 6.92 Å². The summed E-state index contributed by atoms with van der Waals surface area (Å²) in [5, 5.41) is 0. The summed E-state index contributed by atoms with van der Waals surface area (Å²) in [6.07, 6.45) is 0.796. The van der Waals surface area contributed by atoms with E-state index >= 15 is 0 Å². The van der Waals surface area contributed by atoms with E-state index in [0.29, 0.717) is 12.3 Å². The van der Waals surface area contributed by atoms with Crippen LogP contribution in [0.3, 0.4) is 0 Å². The van der Waals surface area contributed by atoms with E-state index in [-0.39, 0.29) is 5.82 Å². The molecule has 0 aliphatic carbocycles. The largest absolute Gasteiger partial charge is 0.496 e. The van der Waals surface area contributed by atoms with E-state index in [2.05, 4.69) is 5.48 Å². The molecule has 0 aliphatic rings. The summed E-state index contributed by atoms with van der Waals surface area (Å²) < 4.78 is 18.3. The lowest BCUT2D eigenvalue weighted by atomic mass is 10.0. The standard InChI is InChI=1S/C11H16FNO2/c1-4-10-8(7-13-15-3)5-9(12)6-11(10)14-2/h5-6,13H,4,7H2,1-3H3. The van der Waals surface area contributed by atoms with Crippen LogP contribution in [0, 0.1) is 5.82 Å². The van der Waals surface area contributed by atoms with Gasteiger partial charge in [-0.15, -0.1) is 0 Å².